The normalized spacial score (nSPS) is 27.4. The summed E-state index contributed by atoms with van der Waals surface area (Å²) in [5.41, 5.74) is 2.21. The number of rotatable bonds is 6. The molecule has 0 spiro atoms. The van der Waals surface area contributed by atoms with Gasteiger partial charge in [0.05, 0.1) is 28.0 Å². The predicted molar refractivity (Wildman–Crippen MR) is 223 cm³/mol. The second kappa shape index (κ2) is 14.0. The van der Waals surface area contributed by atoms with Crippen LogP contribution in [-0.2, 0) is 32.8 Å². The first-order valence-electron chi connectivity index (χ1n) is 20.3. The molecule has 5 aliphatic rings. The predicted octanol–water partition coefficient (Wildman–Crippen LogP) is 8.00. The van der Waals surface area contributed by atoms with E-state index in [4.69, 9.17) is 16.7 Å². The molecular weight excluding hydrogens is 789 g/mol. The summed E-state index contributed by atoms with van der Waals surface area (Å²) in [6, 6.07) is 21.7. The Bertz CT molecular complexity index is 2630. The molecule has 0 radical (unpaired) electrons. The van der Waals surface area contributed by atoms with Crippen molar-refractivity contribution in [1.29, 1.82) is 0 Å². The van der Waals surface area contributed by atoms with Gasteiger partial charge in [0.25, 0.3) is 0 Å². The number of anilines is 1. The van der Waals surface area contributed by atoms with E-state index in [1.807, 2.05) is 49.4 Å². The smallest absolute Gasteiger partial charge is 0.242 e. The molecule has 0 unspecified atom stereocenters. The second-order valence-electron chi connectivity index (χ2n) is 17.1. The first-order chi connectivity index (χ1) is 28.4. The third-order valence-electron chi connectivity index (χ3n) is 14.0. The number of phenols is 1. The molecule has 59 heavy (non-hydrogen) atoms. The van der Waals surface area contributed by atoms with E-state index in [2.05, 4.69) is 17.0 Å². The number of imide groups is 2. The van der Waals surface area contributed by atoms with Crippen LogP contribution in [0.4, 0.5) is 10.2 Å². The monoisotopic (exact) mass is 831 g/mol. The molecule has 10 nitrogen and oxygen atoms in total. The number of hydrogen-bond acceptors (Lipinski definition) is 8. The highest BCUT2D eigenvalue weighted by atomic mass is 35.5. The highest BCUT2D eigenvalue weighted by molar-refractivity contribution is 7.22. The molecule has 4 fully saturated rings. The van der Waals surface area contributed by atoms with Gasteiger partial charge in [0, 0.05) is 60.0 Å². The van der Waals surface area contributed by atoms with Gasteiger partial charge in [0.2, 0.25) is 23.6 Å². The first kappa shape index (κ1) is 38.1. The summed E-state index contributed by atoms with van der Waals surface area (Å²) in [7, 11) is 1.69. The van der Waals surface area contributed by atoms with Gasteiger partial charge in [0.15, 0.2) is 11.6 Å². The fourth-order valence-corrected chi connectivity index (χ4v) is 12.4. The van der Waals surface area contributed by atoms with Crippen LogP contribution >= 0.6 is 22.9 Å². The van der Waals surface area contributed by atoms with Crippen LogP contribution < -0.4 is 4.90 Å². The van der Waals surface area contributed by atoms with E-state index in [1.54, 1.807) is 37.4 Å². The van der Waals surface area contributed by atoms with Gasteiger partial charge >= 0.3 is 0 Å². The van der Waals surface area contributed by atoms with Crippen molar-refractivity contribution in [3.05, 3.63) is 112 Å². The number of hydrogen-bond donors (Lipinski definition) is 1. The minimum Gasteiger partial charge on any atom is -0.505 e. The van der Waals surface area contributed by atoms with Gasteiger partial charge in [-0.3, -0.25) is 33.7 Å². The number of carbonyl (C=O) groups excluding carboxylic acids is 4. The maximum absolute atomic E-state index is 15.3. The molecule has 4 amide bonds. The van der Waals surface area contributed by atoms with Crippen molar-refractivity contribution in [1.82, 2.24) is 19.6 Å². The summed E-state index contributed by atoms with van der Waals surface area (Å²) >= 11 is 7.87. The topological polar surface area (TPSA) is 116 Å². The minimum atomic E-state index is -1.46. The molecule has 1 N–H and O–H groups in total. The highest BCUT2D eigenvalue weighted by Gasteiger charge is 2.68. The average Bonchev–Trinajstić information content (AvgIpc) is 3.90. The molecule has 3 saturated heterocycles. The Morgan fingerprint density at radius 1 is 0.949 bits per heavy atom. The lowest BCUT2D eigenvalue weighted by Crippen LogP contribution is -2.49. The maximum atomic E-state index is 15.3. The Labute approximate surface area is 349 Å². The molecule has 13 heteroatoms. The molecule has 6 atom stereocenters. The van der Waals surface area contributed by atoms with Gasteiger partial charge < -0.3 is 5.11 Å². The van der Waals surface area contributed by atoms with Crippen molar-refractivity contribution >= 4 is 62.5 Å². The number of halogens is 2. The summed E-state index contributed by atoms with van der Waals surface area (Å²) in [5.74, 6) is -6.33. The lowest BCUT2D eigenvalue weighted by atomic mass is 9.51. The zero-order chi connectivity index (χ0) is 41.1. The average molecular weight is 832 g/mol. The van der Waals surface area contributed by atoms with E-state index in [0.29, 0.717) is 29.1 Å². The number of aromatic hydroxyl groups is 1. The van der Waals surface area contributed by atoms with Gasteiger partial charge in [0.1, 0.15) is 11.5 Å². The Kier molecular flexibility index (Phi) is 9.00. The van der Waals surface area contributed by atoms with Gasteiger partial charge in [-0.25, -0.2) is 9.29 Å². The first-order valence-corrected chi connectivity index (χ1v) is 21.5. The summed E-state index contributed by atoms with van der Waals surface area (Å²) in [5, 5.41) is 17.7. The van der Waals surface area contributed by atoms with Gasteiger partial charge in [-0.2, -0.15) is 5.10 Å². The zero-order valence-electron chi connectivity index (χ0n) is 32.9. The SMILES string of the molecule is Cc1c(-c2cc(N3C(=O)[C@@H]4C[C@@H]5C(=CC[C@@H]6C(=O)N(C7CCN(Cc8ccccc8)CC7)C(=O)[C@@H]65)[C@H](c5cccc(F)c5O)[C@]4(C)C3=O)n(C)n2)sc2ccc(Cl)cc12. The number of piperidine rings is 1. The number of benzene rings is 3. The van der Waals surface area contributed by atoms with Crippen molar-refractivity contribution in [2.45, 2.75) is 58.0 Å². The Hall–Kier alpha value is -5.17. The number of aromatic nitrogens is 2. The Morgan fingerprint density at radius 2 is 1.71 bits per heavy atom. The molecule has 302 valence electrons. The van der Waals surface area contributed by atoms with Gasteiger partial charge in [-0.15, -0.1) is 11.3 Å². The van der Waals surface area contributed by atoms with E-state index < -0.39 is 58.4 Å². The number of amides is 4. The third-order valence-corrected chi connectivity index (χ3v) is 15.6. The quantitative estimate of drug-likeness (QED) is 0.136. The molecule has 0 bridgehead atoms. The van der Waals surface area contributed by atoms with Crippen molar-refractivity contribution in [2.24, 2.45) is 36.1 Å². The molecule has 5 aromatic rings. The number of fused-ring (bicyclic) bond motifs is 5. The van der Waals surface area contributed by atoms with Crippen LogP contribution in [-0.4, -0.2) is 67.4 Å². The number of para-hydroxylation sites is 1. The second-order valence-corrected chi connectivity index (χ2v) is 18.6. The number of allylic oxidation sites excluding steroid dienone is 2. The van der Waals surface area contributed by atoms with Crippen LogP contribution in [0.25, 0.3) is 20.7 Å². The zero-order valence-corrected chi connectivity index (χ0v) is 34.5. The molecular formula is C46H43ClFN5O5S. The maximum Gasteiger partial charge on any atom is 0.242 e. The van der Waals surface area contributed by atoms with Crippen molar-refractivity contribution in [2.75, 3.05) is 18.0 Å². The minimum absolute atomic E-state index is 0.153. The van der Waals surface area contributed by atoms with Crippen LogP contribution in [0.5, 0.6) is 5.75 Å². The standard InChI is InChI=1S/C46H43ClFN5O5S/c1-24-31-20-26(47)12-15-36(31)59-41(24)35-22-37(50(3)49-35)53-43(56)33-21-32-28(39(46(33,2)45(53)58)30-10-7-11-34(48)40(30)54)13-14-29-38(32)44(57)52(42(29)55)27-16-18-51(19-17-27)23-25-8-5-4-6-9-25/h4-13,15,20,22,27,29,32-33,38-39,54H,14,16-19,21,23H2,1-3H3/t29-,32+,33-,38-,39+,46+/m0/s1. The van der Waals surface area contributed by atoms with Crippen LogP contribution in [0, 0.1) is 41.8 Å². The summed E-state index contributed by atoms with van der Waals surface area (Å²) in [6.07, 6.45) is 3.69. The Morgan fingerprint density at radius 3 is 2.47 bits per heavy atom. The van der Waals surface area contributed by atoms with E-state index >= 15 is 9.18 Å². The lowest BCUT2D eigenvalue weighted by molar-refractivity contribution is -0.144. The number of phenolic OH excluding ortho intramolecular Hbond substituents is 1. The lowest BCUT2D eigenvalue weighted by Gasteiger charge is -2.49. The van der Waals surface area contributed by atoms with Gasteiger partial charge in [-0.1, -0.05) is 65.7 Å². The number of carbonyl (C=O) groups is 4. The van der Waals surface area contributed by atoms with E-state index in [-0.39, 0.29) is 42.1 Å². The fourth-order valence-electron chi connectivity index (χ4n) is 11.1. The molecule has 5 heterocycles. The van der Waals surface area contributed by atoms with Crippen molar-refractivity contribution in [3.8, 4) is 16.3 Å². The number of likely N-dealkylation sites (tertiary alicyclic amines) is 2. The largest absolute Gasteiger partial charge is 0.505 e. The molecule has 2 aliphatic carbocycles. The molecule has 3 aromatic carbocycles. The summed E-state index contributed by atoms with van der Waals surface area (Å²) < 4.78 is 17.8. The summed E-state index contributed by atoms with van der Waals surface area (Å²) in [4.78, 5) is 65.0. The van der Waals surface area contributed by atoms with E-state index in [1.165, 1.54) is 26.1 Å². The fraction of sp³-hybridized carbons (Fsp3) is 0.370. The highest BCUT2D eigenvalue weighted by Crippen LogP contribution is 2.64. The van der Waals surface area contributed by atoms with Crippen LogP contribution in [0.1, 0.15) is 55.2 Å². The van der Waals surface area contributed by atoms with E-state index in [9.17, 15) is 19.5 Å². The number of nitrogens with zero attached hydrogens (tertiary/aromatic N) is 5. The molecule has 10 rings (SSSR count). The van der Waals surface area contributed by atoms with Crippen LogP contribution in [0.2, 0.25) is 5.02 Å². The van der Waals surface area contributed by atoms with Gasteiger partial charge in [-0.05, 0) is 86.2 Å². The molecule has 2 aromatic heterocycles. The number of thiophene rings is 1. The summed E-state index contributed by atoms with van der Waals surface area (Å²) in [6.45, 7) is 6.02. The van der Waals surface area contributed by atoms with Crippen molar-refractivity contribution in [3.63, 3.8) is 0 Å². The van der Waals surface area contributed by atoms with E-state index in [0.717, 1.165) is 46.2 Å². The molecule has 3 aliphatic heterocycles. The third kappa shape index (κ3) is 5.69. The van der Waals surface area contributed by atoms with Crippen LogP contribution in [0.15, 0.2) is 84.4 Å². The Balaban J connectivity index is 0.997. The molecule has 1 saturated carbocycles. The van der Waals surface area contributed by atoms with Crippen LogP contribution in [0.3, 0.4) is 0 Å². The number of aryl methyl sites for hydroxylation is 2. The van der Waals surface area contributed by atoms with Crippen molar-refractivity contribution < 1.29 is 28.7 Å².